The third-order valence-corrected chi connectivity index (χ3v) is 8.75. The number of nitro groups is 1. The summed E-state index contributed by atoms with van der Waals surface area (Å²) < 4.78 is 1.85. The third kappa shape index (κ3) is 7.86. The Morgan fingerprint density at radius 3 is 2.56 bits per heavy atom. The fourth-order valence-corrected chi connectivity index (χ4v) is 5.27. The number of carbonyl (C=O) groups excluding carboxylic acids is 2. The van der Waals surface area contributed by atoms with Gasteiger partial charge in [0.15, 0.2) is 0 Å². The SMILES string of the molecule is CC[C@H](C)[C@@H](CN(Cc1cccc(Cl)c1Cl)C(=O)C1CCC1)NC(=O)Cc1cncn1Cc1ccc([N+](=O)[O-])cc1. The molecule has 0 aliphatic heterocycles. The standard InChI is InChI=1S/C30H35Cl2N5O4/c1-3-20(2)27(18-35(30(39)22-6-4-7-22)17-23-8-5-9-26(31)29(23)32)34-28(38)14-25-15-33-19-36(25)16-21-10-12-24(13-11-21)37(40)41/h5,8-13,15,19-20,22,27H,3-4,6-7,14,16-18H2,1-2H3,(H,34,38)/t20-,27+/m0/s1. The number of rotatable bonds is 13. The maximum absolute atomic E-state index is 13.5. The second-order valence-corrected chi connectivity index (χ2v) is 11.5. The summed E-state index contributed by atoms with van der Waals surface area (Å²) in [5.41, 5.74) is 2.38. The van der Waals surface area contributed by atoms with Gasteiger partial charge in [0.05, 0.1) is 27.7 Å². The van der Waals surface area contributed by atoms with Crippen molar-refractivity contribution in [2.24, 2.45) is 11.8 Å². The van der Waals surface area contributed by atoms with E-state index < -0.39 is 4.92 Å². The summed E-state index contributed by atoms with van der Waals surface area (Å²) in [6.45, 7) is 5.25. The van der Waals surface area contributed by atoms with Crippen LogP contribution in [0.25, 0.3) is 0 Å². The highest BCUT2D eigenvalue weighted by Gasteiger charge is 2.32. The van der Waals surface area contributed by atoms with Crippen LogP contribution in [0.5, 0.6) is 0 Å². The number of carbonyl (C=O) groups is 2. The molecule has 11 heteroatoms. The van der Waals surface area contributed by atoms with Crippen molar-refractivity contribution < 1.29 is 14.5 Å². The minimum absolute atomic E-state index is 0.00461. The summed E-state index contributed by atoms with van der Waals surface area (Å²) in [6.07, 6.45) is 7.01. The molecule has 41 heavy (non-hydrogen) atoms. The van der Waals surface area contributed by atoms with Gasteiger partial charge in [0.1, 0.15) is 0 Å². The minimum atomic E-state index is -0.436. The summed E-state index contributed by atoms with van der Waals surface area (Å²) in [5, 5.41) is 15.0. The van der Waals surface area contributed by atoms with Crippen molar-refractivity contribution in [3.05, 3.63) is 92.0 Å². The van der Waals surface area contributed by atoms with Crippen LogP contribution in [0.15, 0.2) is 55.0 Å². The van der Waals surface area contributed by atoms with Gasteiger partial charge in [-0.2, -0.15) is 0 Å². The summed E-state index contributed by atoms with van der Waals surface area (Å²) in [6, 6.07) is 11.5. The van der Waals surface area contributed by atoms with E-state index in [9.17, 15) is 19.7 Å². The molecule has 0 radical (unpaired) electrons. The number of nitrogens with zero attached hydrogens (tertiary/aromatic N) is 4. The highest BCUT2D eigenvalue weighted by atomic mass is 35.5. The topological polar surface area (TPSA) is 110 Å². The lowest BCUT2D eigenvalue weighted by atomic mass is 9.84. The van der Waals surface area contributed by atoms with Gasteiger partial charge >= 0.3 is 0 Å². The number of halogens is 2. The van der Waals surface area contributed by atoms with Crippen LogP contribution in [0.2, 0.25) is 10.0 Å². The second-order valence-electron chi connectivity index (χ2n) is 10.7. The summed E-state index contributed by atoms with van der Waals surface area (Å²) >= 11 is 12.7. The molecule has 0 bridgehead atoms. The highest BCUT2D eigenvalue weighted by molar-refractivity contribution is 6.42. The van der Waals surface area contributed by atoms with Crippen molar-refractivity contribution in [1.29, 1.82) is 0 Å². The smallest absolute Gasteiger partial charge is 0.269 e. The highest BCUT2D eigenvalue weighted by Crippen LogP contribution is 2.31. The Bertz CT molecular complexity index is 1370. The number of non-ortho nitro benzene ring substituents is 1. The van der Waals surface area contributed by atoms with E-state index in [2.05, 4.69) is 24.1 Å². The van der Waals surface area contributed by atoms with Gasteiger partial charge in [0.2, 0.25) is 11.8 Å². The Labute approximate surface area is 250 Å². The van der Waals surface area contributed by atoms with Gasteiger partial charge in [0, 0.05) is 55.6 Å². The lowest BCUT2D eigenvalue weighted by molar-refractivity contribution is -0.384. The van der Waals surface area contributed by atoms with Crippen molar-refractivity contribution in [2.75, 3.05) is 6.54 Å². The first-order chi connectivity index (χ1) is 19.7. The normalized spacial score (nSPS) is 14.6. The molecule has 1 heterocycles. The van der Waals surface area contributed by atoms with E-state index in [-0.39, 0.29) is 41.8 Å². The van der Waals surface area contributed by atoms with E-state index in [1.165, 1.54) is 12.1 Å². The lowest BCUT2D eigenvalue weighted by Crippen LogP contribution is -2.50. The fourth-order valence-electron chi connectivity index (χ4n) is 4.89. The first kappa shape index (κ1) is 30.5. The molecule has 1 aromatic heterocycles. The zero-order chi connectivity index (χ0) is 29.5. The largest absolute Gasteiger partial charge is 0.351 e. The monoisotopic (exact) mass is 599 g/mol. The molecule has 4 rings (SSSR count). The van der Waals surface area contributed by atoms with Crippen molar-refractivity contribution in [1.82, 2.24) is 19.8 Å². The first-order valence-corrected chi connectivity index (χ1v) is 14.6. The molecule has 0 unspecified atom stereocenters. The number of nitrogens with one attached hydrogen (secondary N) is 1. The lowest BCUT2D eigenvalue weighted by Gasteiger charge is -2.36. The molecule has 218 valence electrons. The molecule has 2 atom stereocenters. The summed E-state index contributed by atoms with van der Waals surface area (Å²) in [5.74, 6) is 0.0270. The molecule has 0 saturated heterocycles. The van der Waals surface area contributed by atoms with Crippen LogP contribution in [0.1, 0.15) is 56.4 Å². The van der Waals surface area contributed by atoms with Gasteiger partial charge in [-0.05, 0) is 36.0 Å². The average molecular weight is 601 g/mol. The van der Waals surface area contributed by atoms with Crippen molar-refractivity contribution >= 4 is 40.7 Å². The Kier molecular flexibility index (Phi) is 10.4. The predicted molar refractivity (Wildman–Crippen MR) is 159 cm³/mol. The van der Waals surface area contributed by atoms with E-state index in [0.29, 0.717) is 29.7 Å². The molecule has 0 spiro atoms. The number of hydrogen-bond donors (Lipinski definition) is 1. The summed E-state index contributed by atoms with van der Waals surface area (Å²) in [4.78, 5) is 43.3. The maximum Gasteiger partial charge on any atom is 0.269 e. The van der Waals surface area contributed by atoms with Gasteiger partial charge in [-0.15, -0.1) is 0 Å². The van der Waals surface area contributed by atoms with E-state index >= 15 is 0 Å². The van der Waals surface area contributed by atoms with Crippen LogP contribution in [0.4, 0.5) is 5.69 Å². The predicted octanol–water partition coefficient (Wildman–Crippen LogP) is 6.05. The quantitative estimate of drug-likeness (QED) is 0.190. The van der Waals surface area contributed by atoms with Gasteiger partial charge in [-0.25, -0.2) is 4.98 Å². The Balaban J connectivity index is 1.46. The number of hydrogen-bond acceptors (Lipinski definition) is 5. The van der Waals surface area contributed by atoms with Crippen molar-refractivity contribution in [3.8, 4) is 0 Å². The van der Waals surface area contributed by atoms with Crippen LogP contribution in [0.3, 0.4) is 0 Å². The molecule has 1 N–H and O–H groups in total. The zero-order valence-electron chi connectivity index (χ0n) is 23.3. The molecule has 2 aromatic carbocycles. The van der Waals surface area contributed by atoms with Crippen molar-refractivity contribution in [3.63, 3.8) is 0 Å². The van der Waals surface area contributed by atoms with E-state index in [0.717, 1.165) is 42.5 Å². The van der Waals surface area contributed by atoms with Gasteiger partial charge in [-0.1, -0.05) is 74.2 Å². The Morgan fingerprint density at radius 1 is 1.20 bits per heavy atom. The number of imidazole rings is 1. The van der Waals surface area contributed by atoms with Crippen molar-refractivity contribution in [2.45, 2.75) is 65.1 Å². The number of nitro benzene ring substituents is 1. The van der Waals surface area contributed by atoms with Crippen LogP contribution in [-0.4, -0.2) is 43.8 Å². The van der Waals surface area contributed by atoms with Gasteiger partial charge in [-0.3, -0.25) is 19.7 Å². The van der Waals surface area contributed by atoms with Crippen LogP contribution in [0, 0.1) is 22.0 Å². The molecule has 3 aromatic rings. The van der Waals surface area contributed by atoms with Gasteiger partial charge < -0.3 is 14.8 Å². The molecule has 2 amide bonds. The number of amides is 2. The Hall–Kier alpha value is -3.43. The van der Waals surface area contributed by atoms with E-state index in [1.54, 1.807) is 30.7 Å². The zero-order valence-corrected chi connectivity index (χ0v) is 24.8. The molecule has 9 nitrogen and oxygen atoms in total. The number of aromatic nitrogens is 2. The maximum atomic E-state index is 13.5. The van der Waals surface area contributed by atoms with Crippen LogP contribution < -0.4 is 5.32 Å². The Morgan fingerprint density at radius 2 is 1.93 bits per heavy atom. The fraction of sp³-hybridized carbons (Fsp3) is 0.433. The molecule has 1 aliphatic rings. The number of benzene rings is 2. The van der Waals surface area contributed by atoms with E-state index in [1.807, 2.05) is 21.6 Å². The first-order valence-electron chi connectivity index (χ1n) is 13.9. The van der Waals surface area contributed by atoms with E-state index in [4.69, 9.17) is 23.2 Å². The van der Waals surface area contributed by atoms with Crippen LogP contribution in [-0.2, 0) is 29.1 Å². The minimum Gasteiger partial charge on any atom is -0.351 e. The molecule has 1 saturated carbocycles. The molecular formula is C30H35Cl2N5O4. The average Bonchev–Trinajstić information content (AvgIpc) is 3.34. The van der Waals surface area contributed by atoms with Gasteiger partial charge in [0.25, 0.3) is 5.69 Å². The van der Waals surface area contributed by atoms with Crippen LogP contribution >= 0.6 is 23.2 Å². The molecular weight excluding hydrogens is 565 g/mol. The summed E-state index contributed by atoms with van der Waals surface area (Å²) in [7, 11) is 0. The molecule has 1 aliphatic carbocycles. The third-order valence-electron chi connectivity index (χ3n) is 7.89. The second kappa shape index (κ2) is 14.0. The molecule has 1 fully saturated rings.